The molecule has 0 unspecified atom stereocenters. The van der Waals surface area contributed by atoms with Gasteiger partial charge in [-0.2, -0.15) is 0 Å². The van der Waals surface area contributed by atoms with E-state index < -0.39 is 20.0 Å². The number of ether oxygens (including phenoxy) is 1. The van der Waals surface area contributed by atoms with Gasteiger partial charge in [-0.25, -0.2) is 21.6 Å². The van der Waals surface area contributed by atoms with Crippen LogP contribution in [0.4, 0.5) is 5.69 Å². The van der Waals surface area contributed by atoms with Crippen molar-refractivity contribution in [1.29, 1.82) is 0 Å². The summed E-state index contributed by atoms with van der Waals surface area (Å²) in [6, 6.07) is 6.57. The highest BCUT2D eigenvalue weighted by Gasteiger charge is 2.18. The minimum absolute atomic E-state index is 0.000449. The maximum atomic E-state index is 11.9. The molecule has 0 atom stereocenters. The molecule has 9 heteroatoms. The third-order valence-electron chi connectivity index (χ3n) is 2.76. The van der Waals surface area contributed by atoms with Crippen LogP contribution in [0.2, 0.25) is 0 Å². The zero-order valence-corrected chi connectivity index (χ0v) is 13.9. The lowest BCUT2D eigenvalue weighted by Gasteiger charge is -2.22. The molecule has 7 nitrogen and oxygen atoms in total. The summed E-state index contributed by atoms with van der Waals surface area (Å²) in [6.45, 7) is 1.52. The van der Waals surface area contributed by atoms with Crippen LogP contribution in [0, 0.1) is 0 Å². The van der Waals surface area contributed by atoms with Crippen LogP contribution < -0.4 is 13.8 Å². The van der Waals surface area contributed by atoms with Gasteiger partial charge in [0, 0.05) is 19.2 Å². The molecule has 0 heterocycles. The summed E-state index contributed by atoms with van der Waals surface area (Å²) in [5.74, 6) is 0.473. The predicted molar refractivity (Wildman–Crippen MR) is 82.6 cm³/mol. The van der Waals surface area contributed by atoms with Crippen molar-refractivity contribution in [3.8, 4) is 5.75 Å². The quantitative estimate of drug-likeness (QED) is 0.742. The van der Waals surface area contributed by atoms with Gasteiger partial charge < -0.3 is 4.74 Å². The van der Waals surface area contributed by atoms with Crippen LogP contribution in [0.1, 0.15) is 6.92 Å². The average molecular weight is 336 g/mol. The molecule has 0 aliphatic heterocycles. The number of benzene rings is 1. The van der Waals surface area contributed by atoms with Crippen LogP contribution in [-0.2, 0) is 20.0 Å². The number of anilines is 1. The number of nitrogens with zero attached hydrogens (tertiary/aromatic N) is 1. The summed E-state index contributed by atoms with van der Waals surface area (Å²) >= 11 is 0. The Bertz CT molecular complexity index is 671. The van der Waals surface area contributed by atoms with Gasteiger partial charge in [0.15, 0.2) is 0 Å². The van der Waals surface area contributed by atoms with Gasteiger partial charge in [-0.15, -0.1) is 0 Å². The average Bonchev–Trinajstić information content (AvgIpc) is 2.42. The molecule has 21 heavy (non-hydrogen) atoms. The Hall–Kier alpha value is -1.32. The van der Waals surface area contributed by atoms with Gasteiger partial charge in [0.25, 0.3) is 0 Å². The fourth-order valence-electron chi connectivity index (χ4n) is 1.66. The van der Waals surface area contributed by atoms with Crippen LogP contribution in [0.15, 0.2) is 24.3 Å². The second-order valence-corrected chi connectivity index (χ2v) is 8.34. The first-order valence-corrected chi connectivity index (χ1v) is 9.79. The highest BCUT2D eigenvalue weighted by molar-refractivity contribution is 7.92. The minimum atomic E-state index is -3.52. The van der Waals surface area contributed by atoms with Gasteiger partial charge in [-0.3, -0.25) is 4.31 Å². The number of hydrogen-bond donors (Lipinski definition) is 1. The van der Waals surface area contributed by atoms with Crippen LogP contribution in [0.25, 0.3) is 0 Å². The van der Waals surface area contributed by atoms with Crippen LogP contribution in [0.5, 0.6) is 5.75 Å². The molecule has 1 aromatic rings. The number of methoxy groups -OCH3 is 1. The zero-order valence-electron chi connectivity index (χ0n) is 12.2. The van der Waals surface area contributed by atoms with E-state index >= 15 is 0 Å². The van der Waals surface area contributed by atoms with E-state index in [9.17, 15) is 16.8 Å². The van der Waals surface area contributed by atoms with Crippen molar-refractivity contribution in [2.45, 2.75) is 6.92 Å². The minimum Gasteiger partial charge on any atom is -0.497 e. The molecule has 0 fully saturated rings. The van der Waals surface area contributed by atoms with Crippen molar-refractivity contribution in [1.82, 2.24) is 4.72 Å². The van der Waals surface area contributed by atoms with E-state index in [-0.39, 0.29) is 18.8 Å². The van der Waals surface area contributed by atoms with Gasteiger partial charge in [-0.1, -0.05) is 6.07 Å². The molecule has 0 saturated carbocycles. The van der Waals surface area contributed by atoms with Crippen molar-refractivity contribution in [3.63, 3.8) is 0 Å². The number of rotatable bonds is 8. The third-order valence-corrected chi connectivity index (χ3v) is 5.36. The number of sulfonamides is 2. The van der Waals surface area contributed by atoms with Gasteiger partial charge in [-0.05, 0) is 19.1 Å². The molecule has 0 aromatic heterocycles. The molecule has 0 aliphatic carbocycles. The van der Waals surface area contributed by atoms with E-state index in [4.69, 9.17) is 4.74 Å². The smallest absolute Gasteiger partial charge is 0.232 e. The maximum Gasteiger partial charge on any atom is 0.232 e. The fourth-order valence-corrected chi connectivity index (χ4v) is 3.18. The van der Waals surface area contributed by atoms with E-state index in [2.05, 4.69) is 4.72 Å². The van der Waals surface area contributed by atoms with Crippen molar-refractivity contribution >= 4 is 25.7 Å². The number of nitrogens with one attached hydrogen (secondary N) is 1. The molecule has 1 N–H and O–H groups in total. The molecule has 1 rings (SSSR count). The Balaban J connectivity index is 2.92. The van der Waals surface area contributed by atoms with Crippen LogP contribution in [0.3, 0.4) is 0 Å². The molecular formula is C12H20N2O5S2. The lowest BCUT2D eigenvalue weighted by atomic mass is 10.3. The third kappa shape index (κ3) is 5.52. The zero-order chi connectivity index (χ0) is 16.1. The first-order valence-electron chi connectivity index (χ1n) is 6.28. The van der Waals surface area contributed by atoms with Crippen molar-refractivity contribution < 1.29 is 21.6 Å². The molecule has 0 aliphatic rings. The topological polar surface area (TPSA) is 92.8 Å². The largest absolute Gasteiger partial charge is 0.497 e. The summed E-state index contributed by atoms with van der Waals surface area (Å²) in [4.78, 5) is 0. The summed E-state index contributed by atoms with van der Waals surface area (Å²) < 4.78 is 55.0. The Morgan fingerprint density at radius 2 is 1.90 bits per heavy atom. The van der Waals surface area contributed by atoms with Crippen LogP contribution in [-0.4, -0.2) is 49.0 Å². The van der Waals surface area contributed by atoms with E-state index in [1.165, 1.54) is 14.0 Å². The first-order chi connectivity index (χ1) is 9.69. The van der Waals surface area contributed by atoms with E-state index in [0.29, 0.717) is 11.4 Å². The highest BCUT2D eigenvalue weighted by Crippen LogP contribution is 2.22. The normalized spacial score (nSPS) is 12.1. The van der Waals surface area contributed by atoms with Gasteiger partial charge in [0.1, 0.15) is 5.75 Å². The lowest BCUT2D eigenvalue weighted by molar-refractivity contribution is 0.415. The molecule has 120 valence electrons. The van der Waals surface area contributed by atoms with Crippen molar-refractivity contribution in [3.05, 3.63) is 24.3 Å². The molecule has 0 bridgehead atoms. The summed E-state index contributed by atoms with van der Waals surface area (Å²) in [6.07, 6.45) is 1.07. The van der Waals surface area contributed by atoms with Crippen LogP contribution >= 0.6 is 0 Å². The summed E-state index contributed by atoms with van der Waals surface area (Å²) in [7, 11) is -5.39. The molecule has 1 aromatic carbocycles. The van der Waals surface area contributed by atoms with Gasteiger partial charge >= 0.3 is 0 Å². The summed E-state index contributed by atoms with van der Waals surface area (Å²) in [5.41, 5.74) is 0.424. The highest BCUT2D eigenvalue weighted by atomic mass is 32.2. The van der Waals surface area contributed by atoms with Crippen molar-refractivity contribution in [2.75, 3.05) is 36.5 Å². The fraction of sp³-hybridized carbons (Fsp3) is 0.500. The van der Waals surface area contributed by atoms with E-state index in [0.717, 1.165) is 10.6 Å². The second kappa shape index (κ2) is 7.10. The molecule has 0 spiro atoms. The molecule has 0 radical (unpaired) electrons. The van der Waals surface area contributed by atoms with Gasteiger partial charge in [0.05, 0.1) is 24.8 Å². The van der Waals surface area contributed by atoms with E-state index in [1.54, 1.807) is 24.3 Å². The second-order valence-electron chi connectivity index (χ2n) is 4.33. The Kier molecular flexibility index (Phi) is 5.99. The monoisotopic (exact) mass is 336 g/mol. The Labute approximate surface area is 126 Å². The summed E-state index contributed by atoms with van der Waals surface area (Å²) in [5, 5.41) is 0. The first kappa shape index (κ1) is 17.7. The SMILES string of the molecule is CCS(=O)(=O)NCCN(c1cccc(OC)c1)S(C)(=O)=O. The molecular weight excluding hydrogens is 316 g/mol. The van der Waals surface area contributed by atoms with E-state index in [1.807, 2.05) is 0 Å². The maximum absolute atomic E-state index is 11.9. The van der Waals surface area contributed by atoms with Crippen molar-refractivity contribution in [2.24, 2.45) is 0 Å². The molecule has 0 amide bonds. The predicted octanol–water partition coefficient (Wildman–Crippen LogP) is 0.400. The lowest BCUT2D eigenvalue weighted by Crippen LogP contribution is -2.38. The standard InChI is InChI=1S/C12H20N2O5S2/c1-4-21(17,18)13-8-9-14(20(3,15)16)11-6-5-7-12(10-11)19-2/h5-7,10,13H,4,8-9H2,1-3H3. The van der Waals surface area contributed by atoms with Gasteiger partial charge in [0.2, 0.25) is 20.0 Å². The Morgan fingerprint density at radius 1 is 1.24 bits per heavy atom. The molecule has 0 saturated heterocycles. The number of hydrogen-bond acceptors (Lipinski definition) is 5. The Morgan fingerprint density at radius 3 is 2.43 bits per heavy atom.